The van der Waals surface area contributed by atoms with Crippen molar-refractivity contribution in [1.29, 1.82) is 0 Å². The van der Waals surface area contributed by atoms with Crippen molar-refractivity contribution in [3.63, 3.8) is 0 Å². The number of aromatic nitrogens is 1. The molecule has 1 atom stereocenters. The predicted octanol–water partition coefficient (Wildman–Crippen LogP) is 3.49. The van der Waals surface area contributed by atoms with E-state index in [1.165, 1.54) is 0 Å². The Bertz CT molecular complexity index is 1400. The Kier molecular flexibility index (Phi) is 6.19. The van der Waals surface area contributed by atoms with Crippen LogP contribution >= 0.6 is 11.3 Å². The van der Waals surface area contributed by atoms with Crippen molar-refractivity contribution < 1.29 is 22.9 Å². The molecular formula is C22H20N4O6S2. The van der Waals surface area contributed by atoms with Gasteiger partial charge in [0.25, 0.3) is 5.69 Å². The summed E-state index contributed by atoms with van der Waals surface area (Å²) in [5, 5.41) is 13.5. The van der Waals surface area contributed by atoms with E-state index in [9.17, 15) is 28.1 Å². The van der Waals surface area contributed by atoms with Crippen molar-refractivity contribution in [3.8, 4) is 0 Å². The third kappa shape index (κ3) is 4.54. The number of anilines is 2. The average Bonchev–Trinajstić information content (AvgIpc) is 3.41. The molecule has 0 bridgehead atoms. The van der Waals surface area contributed by atoms with Crippen LogP contribution in [-0.2, 0) is 19.4 Å². The zero-order chi connectivity index (χ0) is 24.6. The van der Waals surface area contributed by atoms with Gasteiger partial charge in [0.05, 0.1) is 21.9 Å². The number of aryl methyl sites for hydroxylation is 2. The van der Waals surface area contributed by atoms with Gasteiger partial charge in [0.1, 0.15) is 4.21 Å². The standard InChI is InChI=1S/C22H20N4O6S2/c1-13-3-8-18(14(2)9-13)25-12-15(10-19(25)27)21(28)24-22-23-11-20(33-22)34(31,32)17-6-4-16(5-7-17)26(29)30/h3-9,11,15H,10,12H2,1-2H3,(H,23,24,28). The summed E-state index contributed by atoms with van der Waals surface area (Å²) in [5.41, 5.74) is 2.55. The molecule has 4 rings (SSSR count). The first-order chi connectivity index (χ1) is 16.1. The summed E-state index contributed by atoms with van der Waals surface area (Å²) in [6.45, 7) is 4.09. The van der Waals surface area contributed by atoms with Gasteiger partial charge in [0.2, 0.25) is 21.7 Å². The summed E-state index contributed by atoms with van der Waals surface area (Å²) >= 11 is 0.771. The maximum atomic E-state index is 12.8. The summed E-state index contributed by atoms with van der Waals surface area (Å²) < 4.78 is 25.5. The number of amides is 2. The summed E-state index contributed by atoms with van der Waals surface area (Å²) in [6.07, 6.45) is 1.16. The number of nitrogens with one attached hydrogen (secondary N) is 1. The molecule has 34 heavy (non-hydrogen) atoms. The number of nitrogens with zero attached hydrogens (tertiary/aromatic N) is 3. The minimum atomic E-state index is -3.96. The van der Waals surface area contributed by atoms with E-state index in [0.29, 0.717) is 0 Å². The van der Waals surface area contributed by atoms with Crippen molar-refractivity contribution >= 4 is 49.5 Å². The highest BCUT2D eigenvalue weighted by atomic mass is 32.2. The number of carbonyl (C=O) groups excluding carboxylic acids is 2. The number of carbonyl (C=O) groups is 2. The molecule has 2 amide bonds. The van der Waals surface area contributed by atoms with E-state index < -0.39 is 26.6 Å². The monoisotopic (exact) mass is 500 g/mol. The predicted molar refractivity (Wildman–Crippen MR) is 126 cm³/mol. The molecule has 0 aliphatic carbocycles. The van der Waals surface area contributed by atoms with Gasteiger partial charge in [-0.15, -0.1) is 0 Å². The molecule has 0 radical (unpaired) electrons. The Labute approximate surface area is 199 Å². The maximum Gasteiger partial charge on any atom is 0.269 e. The Balaban J connectivity index is 1.46. The van der Waals surface area contributed by atoms with Crippen LogP contribution in [0.1, 0.15) is 17.5 Å². The number of hydrogen-bond acceptors (Lipinski definition) is 8. The second-order valence-corrected chi connectivity index (χ2v) is 11.1. The highest BCUT2D eigenvalue weighted by molar-refractivity contribution is 7.93. The molecule has 12 heteroatoms. The van der Waals surface area contributed by atoms with Crippen LogP contribution in [0, 0.1) is 29.9 Å². The minimum Gasteiger partial charge on any atom is -0.311 e. The van der Waals surface area contributed by atoms with Crippen molar-refractivity contribution in [2.75, 3.05) is 16.8 Å². The maximum absolute atomic E-state index is 12.8. The summed E-state index contributed by atoms with van der Waals surface area (Å²) in [7, 11) is -3.96. The van der Waals surface area contributed by atoms with Crippen LogP contribution in [0.4, 0.5) is 16.5 Å². The van der Waals surface area contributed by atoms with Gasteiger partial charge in [-0.25, -0.2) is 13.4 Å². The number of rotatable bonds is 6. The molecule has 1 saturated heterocycles. The van der Waals surface area contributed by atoms with Gasteiger partial charge in [0, 0.05) is 30.8 Å². The van der Waals surface area contributed by atoms with Crippen LogP contribution in [0.5, 0.6) is 0 Å². The number of thiazole rings is 1. The molecule has 1 N–H and O–H groups in total. The number of nitro benzene ring substituents is 1. The summed E-state index contributed by atoms with van der Waals surface area (Å²) in [4.78, 5) is 40.9. The van der Waals surface area contributed by atoms with Crippen LogP contribution in [-0.4, -0.2) is 36.7 Å². The van der Waals surface area contributed by atoms with Gasteiger partial charge in [-0.05, 0) is 37.6 Å². The second kappa shape index (κ2) is 8.95. The number of hydrogen-bond donors (Lipinski definition) is 1. The second-order valence-electron chi connectivity index (χ2n) is 7.92. The molecule has 1 aliphatic heterocycles. The fourth-order valence-electron chi connectivity index (χ4n) is 3.74. The zero-order valence-electron chi connectivity index (χ0n) is 18.2. The van der Waals surface area contributed by atoms with E-state index in [1.807, 2.05) is 32.0 Å². The molecule has 2 aromatic carbocycles. The molecular weight excluding hydrogens is 480 g/mol. The Morgan fingerprint density at radius 2 is 1.91 bits per heavy atom. The Hall–Kier alpha value is -3.64. The fourth-order valence-corrected chi connectivity index (χ4v) is 6.17. The van der Waals surface area contributed by atoms with Crippen molar-refractivity contribution in [2.45, 2.75) is 29.4 Å². The minimum absolute atomic E-state index is 0.0402. The van der Waals surface area contributed by atoms with E-state index in [-0.39, 0.29) is 38.8 Å². The molecule has 3 aromatic rings. The highest BCUT2D eigenvalue weighted by Crippen LogP contribution is 2.32. The van der Waals surface area contributed by atoms with Crippen LogP contribution in [0.3, 0.4) is 0 Å². The van der Waals surface area contributed by atoms with Gasteiger partial charge < -0.3 is 10.2 Å². The number of benzene rings is 2. The van der Waals surface area contributed by atoms with Gasteiger partial charge in [-0.3, -0.25) is 19.7 Å². The van der Waals surface area contributed by atoms with Crippen LogP contribution < -0.4 is 10.2 Å². The summed E-state index contributed by atoms with van der Waals surface area (Å²) in [6, 6.07) is 10.3. The van der Waals surface area contributed by atoms with Crippen molar-refractivity contribution in [3.05, 3.63) is 69.9 Å². The Morgan fingerprint density at radius 1 is 1.21 bits per heavy atom. The normalized spacial score (nSPS) is 16.0. The molecule has 176 valence electrons. The average molecular weight is 501 g/mol. The molecule has 2 heterocycles. The van der Waals surface area contributed by atoms with E-state index >= 15 is 0 Å². The summed E-state index contributed by atoms with van der Waals surface area (Å²) in [5.74, 6) is -1.19. The molecule has 0 saturated carbocycles. The third-order valence-electron chi connectivity index (χ3n) is 5.48. The van der Waals surface area contributed by atoms with Gasteiger partial charge in [-0.2, -0.15) is 0 Å². The first-order valence-corrected chi connectivity index (χ1v) is 12.5. The highest BCUT2D eigenvalue weighted by Gasteiger charge is 2.36. The molecule has 1 unspecified atom stereocenters. The zero-order valence-corrected chi connectivity index (χ0v) is 19.9. The molecule has 1 fully saturated rings. The largest absolute Gasteiger partial charge is 0.311 e. The number of non-ortho nitro benzene ring substituents is 1. The molecule has 1 aliphatic rings. The Morgan fingerprint density at radius 3 is 2.56 bits per heavy atom. The van der Waals surface area contributed by atoms with Crippen molar-refractivity contribution in [2.24, 2.45) is 5.92 Å². The van der Waals surface area contributed by atoms with Crippen LogP contribution in [0.15, 0.2) is 57.8 Å². The smallest absolute Gasteiger partial charge is 0.269 e. The first-order valence-electron chi connectivity index (χ1n) is 10.2. The van der Waals surface area contributed by atoms with Gasteiger partial charge in [0.15, 0.2) is 5.13 Å². The van der Waals surface area contributed by atoms with E-state index in [0.717, 1.165) is 58.6 Å². The van der Waals surface area contributed by atoms with Crippen LogP contribution in [0.2, 0.25) is 0 Å². The molecule has 1 aromatic heterocycles. The van der Waals surface area contributed by atoms with Gasteiger partial charge in [-0.1, -0.05) is 29.0 Å². The lowest BCUT2D eigenvalue weighted by Crippen LogP contribution is -2.28. The molecule has 10 nitrogen and oxygen atoms in total. The fraction of sp³-hybridized carbons (Fsp3) is 0.227. The topological polar surface area (TPSA) is 140 Å². The van der Waals surface area contributed by atoms with Crippen molar-refractivity contribution in [1.82, 2.24) is 4.98 Å². The van der Waals surface area contributed by atoms with E-state index in [1.54, 1.807) is 4.90 Å². The third-order valence-corrected chi connectivity index (χ3v) is 8.62. The number of nitro groups is 1. The quantitative estimate of drug-likeness (QED) is 0.404. The molecule has 0 spiro atoms. The van der Waals surface area contributed by atoms with E-state index in [2.05, 4.69) is 10.3 Å². The lowest BCUT2D eigenvalue weighted by Gasteiger charge is -2.19. The lowest BCUT2D eigenvalue weighted by molar-refractivity contribution is -0.384. The van der Waals surface area contributed by atoms with Gasteiger partial charge >= 0.3 is 0 Å². The van der Waals surface area contributed by atoms with Crippen LogP contribution in [0.25, 0.3) is 0 Å². The number of sulfone groups is 1. The lowest BCUT2D eigenvalue weighted by atomic mass is 10.1. The SMILES string of the molecule is Cc1ccc(N2CC(C(=O)Nc3ncc(S(=O)(=O)c4ccc([N+](=O)[O-])cc4)s3)CC2=O)c(C)c1. The van der Waals surface area contributed by atoms with E-state index in [4.69, 9.17) is 0 Å². The first kappa shape index (κ1) is 23.5.